The maximum absolute atomic E-state index is 12.0. The molecule has 0 saturated carbocycles. The summed E-state index contributed by atoms with van der Waals surface area (Å²) < 4.78 is 5.02. The van der Waals surface area contributed by atoms with E-state index in [0.717, 1.165) is 25.1 Å². The summed E-state index contributed by atoms with van der Waals surface area (Å²) in [6.07, 6.45) is 3.93. The quantitative estimate of drug-likeness (QED) is 0.826. The fourth-order valence-corrected chi connectivity index (χ4v) is 2.65. The third-order valence-corrected chi connectivity index (χ3v) is 4.39. The summed E-state index contributed by atoms with van der Waals surface area (Å²) in [6, 6.07) is 4.01. The Hall–Kier alpha value is -2.31. The molecule has 1 fully saturated rings. The van der Waals surface area contributed by atoms with E-state index in [9.17, 15) is 9.59 Å². The second kappa shape index (κ2) is 9.25. The van der Waals surface area contributed by atoms with Gasteiger partial charge in [0.2, 0.25) is 0 Å². The molecule has 1 aliphatic rings. The molecule has 7 heteroatoms. The van der Waals surface area contributed by atoms with Crippen LogP contribution in [0, 0.1) is 0 Å². The third kappa shape index (κ3) is 5.62. The molecular weight excluding hydrogens is 320 g/mol. The van der Waals surface area contributed by atoms with Crippen LogP contribution < -0.4 is 10.6 Å². The molecule has 2 amide bonds. The molecule has 2 N–H and O–H groups in total. The fourth-order valence-electron chi connectivity index (χ4n) is 2.65. The minimum atomic E-state index is -0.240. The Morgan fingerprint density at radius 2 is 2.04 bits per heavy atom. The first-order chi connectivity index (χ1) is 12.0. The molecule has 0 bridgehead atoms. The Morgan fingerprint density at radius 3 is 2.60 bits per heavy atom. The highest BCUT2D eigenvalue weighted by Crippen LogP contribution is 2.16. The van der Waals surface area contributed by atoms with Crippen LogP contribution in [0.15, 0.2) is 18.3 Å². The molecule has 0 aromatic carbocycles. The number of aromatic nitrogens is 1. The van der Waals surface area contributed by atoms with Crippen LogP contribution in [0.1, 0.15) is 50.4 Å². The maximum Gasteiger partial charge on any atom is 0.409 e. The Bertz CT molecular complexity index is 568. The summed E-state index contributed by atoms with van der Waals surface area (Å²) in [7, 11) is 0. The molecule has 2 heterocycles. The highest BCUT2D eigenvalue weighted by atomic mass is 16.6. The third-order valence-electron chi connectivity index (χ3n) is 4.39. The van der Waals surface area contributed by atoms with Gasteiger partial charge in [-0.3, -0.25) is 4.79 Å². The molecule has 2 rings (SSSR count). The molecule has 25 heavy (non-hydrogen) atoms. The fraction of sp³-hybridized carbons (Fsp3) is 0.611. The average molecular weight is 348 g/mol. The molecule has 1 aromatic heterocycles. The van der Waals surface area contributed by atoms with Gasteiger partial charge in [0, 0.05) is 31.4 Å². The summed E-state index contributed by atoms with van der Waals surface area (Å²) in [5.74, 6) is 0.644. The van der Waals surface area contributed by atoms with Gasteiger partial charge in [-0.15, -0.1) is 0 Å². The van der Waals surface area contributed by atoms with Crippen LogP contribution >= 0.6 is 0 Å². The van der Waals surface area contributed by atoms with Gasteiger partial charge < -0.3 is 20.3 Å². The number of rotatable bonds is 6. The van der Waals surface area contributed by atoms with Crippen LogP contribution in [0.5, 0.6) is 0 Å². The van der Waals surface area contributed by atoms with E-state index >= 15 is 0 Å². The normalized spacial score (nSPS) is 16.2. The first-order valence-corrected chi connectivity index (χ1v) is 8.98. The zero-order valence-electron chi connectivity index (χ0n) is 15.2. The van der Waals surface area contributed by atoms with E-state index in [0.29, 0.717) is 25.3 Å². The Kier molecular flexibility index (Phi) is 7.03. The van der Waals surface area contributed by atoms with Crippen molar-refractivity contribution in [2.75, 3.05) is 25.0 Å². The van der Waals surface area contributed by atoms with E-state index < -0.39 is 0 Å². The van der Waals surface area contributed by atoms with Crippen LogP contribution in [-0.2, 0) is 4.74 Å². The largest absolute Gasteiger partial charge is 0.450 e. The number of carbonyl (C=O) groups excluding carboxylic acids is 2. The lowest BCUT2D eigenvalue weighted by Crippen LogP contribution is -2.42. The van der Waals surface area contributed by atoms with E-state index in [1.54, 1.807) is 17.2 Å². The zero-order chi connectivity index (χ0) is 18.2. The standard InChI is InChI=1S/C18H28N4O3/c1-4-13(3)20-17(23)14-6-7-16(19-12-14)21-15-8-10-22(11-9-15)18(24)25-5-2/h6-7,12-13,15H,4-5,8-11H2,1-3H3,(H,19,21)(H,20,23). The van der Waals surface area contributed by atoms with Gasteiger partial charge in [0.05, 0.1) is 12.2 Å². The first kappa shape index (κ1) is 19.0. The summed E-state index contributed by atoms with van der Waals surface area (Å²) >= 11 is 0. The molecule has 1 atom stereocenters. The number of anilines is 1. The predicted molar refractivity (Wildman–Crippen MR) is 96.7 cm³/mol. The molecule has 1 saturated heterocycles. The number of ether oxygens (including phenoxy) is 1. The predicted octanol–water partition coefficient (Wildman–Crippen LogP) is 2.64. The second-order valence-corrected chi connectivity index (χ2v) is 6.32. The van der Waals surface area contributed by atoms with E-state index in [4.69, 9.17) is 4.74 Å². The van der Waals surface area contributed by atoms with Crippen molar-refractivity contribution in [2.24, 2.45) is 0 Å². The lowest BCUT2D eigenvalue weighted by Gasteiger charge is -2.31. The molecule has 1 aliphatic heterocycles. The van der Waals surface area contributed by atoms with Crippen LogP contribution in [-0.4, -0.2) is 53.7 Å². The number of piperidine rings is 1. The number of carbonyl (C=O) groups is 2. The number of likely N-dealkylation sites (tertiary alicyclic amines) is 1. The van der Waals surface area contributed by atoms with Gasteiger partial charge in [-0.2, -0.15) is 0 Å². The van der Waals surface area contributed by atoms with E-state index in [1.807, 2.05) is 26.8 Å². The topological polar surface area (TPSA) is 83.6 Å². The van der Waals surface area contributed by atoms with Gasteiger partial charge >= 0.3 is 6.09 Å². The van der Waals surface area contributed by atoms with Crippen LogP contribution in [0.4, 0.5) is 10.6 Å². The van der Waals surface area contributed by atoms with Crippen molar-refractivity contribution >= 4 is 17.8 Å². The van der Waals surface area contributed by atoms with Crippen LogP contribution in [0.2, 0.25) is 0 Å². The number of amides is 2. The summed E-state index contributed by atoms with van der Waals surface area (Å²) in [4.78, 5) is 29.8. The second-order valence-electron chi connectivity index (χ2n) is 6.32. The van der Waals surface area contributed by atoms with Crippen molar-refractivity contribution < 1.29 is 14.3 Å². The van der Waals surface area contributed by atoms with Gasteiger partial charge in [0.1, 0.15) is 5.82 Å². The molecule has 0 spiro atoms. The minimum absolute atomic E-state index is 0.101. The molecule has 1 unspecified atom stereocenters. The van der Waals surface area contributed by atoms with E-state index in [-0.39, 0.29) is 24.1 Å². The average Bonchev–Trinajstić information content (AvgIpc) is 2.63. The van der Waals surface area contributed by atoms with E-state index in [1.165, 1.54) is 0 Å². The number of nitrogens with zero attached hydrogens (tertiary/aromatic N) is 2. The van der Waals surface area contributed by atoms with Gasteiger partial charge in [0.15, 0.2) is 0 Å². The minimum Gasteiger partial charge on any atom is -0.450 e. The highest BCUT2D eigenvalue weighted by Gasteiger charge is 2.23. The molecular formula is C18H28N4O3. The summed E-state index contributed by atoms with van der Waals surface area (Å²) in [5, 5.41) is 6.29. The summed E-state index contributed by atoms with van der Waals surface area (Å²) in [6.45, 7) is 7.56. The molecule has 1 aromatic rings. The lowest BCUT2D eigenvalue weighted by molar-refractivity contribution is 0.0938. The Balaban J connectivity index is 1.82. The van der Waals surface area contributed by atoms with Crippen molar-refractivity contribution in [3.63, 3.8) is 0 Å². The monoisotopic (exact) mass is 348 g/mol. The highest BCUT2D eigenvalue weighted by molar-refractivity contribution is 5.94. The number of hydrogen-bond donors (Lipinski definition) is 2. The molecule has 0 aliphatic carbocycles. The van der Waals surface area contributed by atoms with Gasteiger partial charge in [-0.25, -0.2) is 9.78 Å². The van der Waals surface area contributed by atoms with Crippen molar-refractivity contribution in [1.29, 1.82) is 0 Å². The molecule has 7 nitrogen and oxygen atoms in total. The van der Waals surface area contributed by atoms with Crippen molar-refractivity contribution in [3.05, 3.63) is 23.9 Å². The van der Waals surface area contributed by atoms with Gasteiger partial charge in [0.25, 0.3) is 5.91 Å². The van der Waals surface area contributed by atoms with Gasteiger partial charge in [-0.05, 0) is 45.2 Å². The number of hydrogen-bond acceptors (Lipinski definition) is 5. The van der Waals surface area contributed by atoms with Crippen molar-refractivity contribution in [1.82, 2.24) is 15.2 Å². The molecule has 138 valence electrons. The Labute approximate surface area is 149 Å². The number of pyridine rings is 1. The van der Waals surface area contributed by atoms with Gasteiger partial charge in [-0.1, -0.05) is 6.92 Å². The first-order valence-electron chi connectivity index (χ1n) is 8.98. The Morgan fingerprint density at radius 1 is 1.32 bits per heavy atom. The summed E-state index contributed by atoms with van der Waals surface area (Å²) in [5.41, 5.74) is 0.558. The zero-order valence-corrected chi connectivity index (χ0v) is 15.2. The van der Waals surface area contributed by atoms with E-state index in [2.05, 4.69) is 15.6 Å². The SMILES string of the molecule is CCOC(=O)N1CCC(Nc2ccc(C(=O)NC(C)CC)cn2)CC1. The van der Waals surface area contributed by atoms with Crippen LogP contribution in [0.3, 0.4) is 0 Å². The van der Waals surface area contributed by atoms with Crippen LogP contribution in [0.25, 0.3) is 0 Å². The smallest absolute Gasteiger partial charge is 0.409 e. The lowest BCUT2D eigenvalue weighted by atomic mass is 10.1. The van der Waals surface area contributed by atoms with Crippen molar-refractivity contribution in [2.45, 2.75) is 52.1 Å². The molecule has 0 radical (unpaired) electrons. The maximum atomic E-state index is 12.0. The number of nitrogens with one attached hydrogen (secondary N) is 2. The van der Waals surface area contributed by atoms with Crippen molar-refractivity contribution in [3.8, 4) is 0 Å².